The number of aromatic nitrogens is 4. The number of anilines is 1. The molecule has 3 heterocycles. The summed E-state index contributed by atoms with van der Waals surface area (Å²) < 4.78 is 40.4. The summed E-state index contributed by atoms with van der Waals surface area (Å²) in [5, 5.41) is 9.15. The van der Waals surface area contributed by atoms with Crippen molar-refractivity contribution in [1.29, 1.82) is 0 Å². The monoisotopic (exact) mass is 441 g/mol. The van der Waals surface area contributed by atoms with Crippen molar-refractivity contribution < 1.29 is 23.1 Å². The molecule has 1 N–H and O–H groups in total. The normalized spacial score (nSPS) is 11.2. The zero-order valence-corrected chi connectivity index (χ0v) is 18.0. The van der Waals surface area contributed by atoms with Crippen LogP contribution in [0, 0.1) is 0 Å². The average Bonchev–Trinajstić information content (AvgIpc) is 3.04. The van der Waals surface area contributed by atoms with Gasteiger partial charge in [-0.05, 0) is 17.9 Å². The number of pyridine rings is 2. The maximum absolute atomic E-state index is 12.9. The SMILES string of the molecule is CC.CCSc1cc(N(C)C(=O)O)cnc1-c1nc2cc(C(F)(F)F)ncc2n1C. The number of imidazole rings is 1. The number of halogens is 3. The summed E-state index contributed by atoms with van der Waals surface area (Å²) in [6, 6.07) is 2.57. The summed E-state index contributed by atoms with van der Waals surface area (Å²) in [5.41, 5.74) is 0.414. The first kappa shape index (κ1) is 23.5. The molecule has 0 atom stereocenters. The largest absolute Gasteiger partial charge is 0.465 e. The van der Waals surface area contributed by atoms with E-state index in [0.29, 0.717) is 33.4 Å². The first-order valence-corrected chi connectivity index (χ1v) is 10.1. The first-order chi connectivity index (χ1) is 14.1. The highest BCUT2D eigenvalue weighted by molar-refractivity contribution is 7.99. The van der Waals surface area contributed by atoms with Crippen LogP contribution in [0.3, 0.4) is 0 Å². The highest BCUT2D eigenvalue weighted by Gasteiger charge is 2.33. The van der Waals surface area contributed by atoms with Gasteiger partial charge in [0.05, 0.1) is 29.1 Å². The van der Waals surface area contributed by atoms with Gasteiger partial charge in [-0.2, -0.15) is 13.2 Å². The third-order valence-corrected chi connectivity index (χ3v) is 4.99. The predicted octanol–water partition coefficient (Wildman–Crippen LogP) is 5.30. The number of thioether (sulfide) groups is 1. The molecule has 3 aromatic rings. The summed E-state index contributed by atoms with van der Waals surface area (Å²) in [4.78, 5) is 25.0. The van der Waals surface area contributed by atoms with Gasteiger partial charge in [0.1, 0.15) is 11.4 Å². The molecule has 0 spiro atoms. The van der Waals surface area contributed by atoms with Gasteiger partial charge in [0.25, 0.3) is 0 Å². The van der Waals surface area contributed by atoms with Crippen LogP contribution < -0.4 is 4.90 Å². The summed E-state index contributed by atoms with van der Waals surface area (Å²) in [6.45, 7) is 5.93. The molecule has 7 nitrogen and oxygen atoms in total. The first-order valence-electron chi connectivity index (χ1n) is 9.13. The highest BCUT2D eigenvalue weighted by Crippen LogP contribution is 2.35. The van der Waals surface area contributed by atoms with Crippen LogP contribution in [-0.2, 0) is 13.2 Å². The molecule has 0 aliphatic rings. The second-order valence-electron chi connectivity index (χ2n) is 5.87. The second-order valence-corrected chi connectivity index (χ2v) is 7.17. The van der Waals surface area contributed by atoms with Gasteiger partial charge in [-0.15, -0.1) is 11.8 Å². The van der Waals surface area contributed by atoms with E-state index < -0.39 is 18.0 Å². The molecule has 0 saturated heterocycles. The zero-order chi connectivity index (χ0) is 22.6. The molecule has 3 rings (SSSR count). The Morgan fingerprint density at radius 2 is 1.90 bits per heavy atom. The van der Waals surface area contributed by atoms with E-state index in [2.05, 4.69) is 15.0 Å². The second kappa shape index (κ2) is 9.33. The van der Waals surface area contributed by atoms with Crippen LogP contribution in [0.15, 0.2) is 29.4 Å². The van der Waals surface area contributed by atoms with Crippen LogP contribution >= 0.6 is 11.8 Å². The molecule has 0 radical (unpaired) electrons. The fourth-order valence-corrected chi connectivity index (χ4v) is 3.41. The standard InChI is InChI=1S/C17H16F3N5O2S.C2H6/c1-4-28-12-5-9(24(2)16(26)27)7-22-14(12)15-23-10-6-13(17(18,19)20)21-8-11(10)25(15)3;1-2/h5-8H,4H2,1-3H3,(H,26,27);1-2H3. The third kappa shape index (κ3) is 4.66. The van der Waals surface area contributed by atoms with Crippen molar-refractivity contribution in [2.45, 2.75) is 31.8 Å². The summed E-state index contributed by atoms with van der Waals surface area (Å²) in [7, 11) is 3.07. The highest BCUT2D eigenvalue weighted by atomic mass is 32.2. The van der Waals surface area contributed by atoms with Crippen molar-refractivity contribution in [1.82, 2.24) is 19.5 Å². The van der Waals surface area contributed by atoms with E-state index in [1.807, 2.05) is 20.8 Å². The van der Waals surface area contributed by atoms with Crippen LogP contribution in [0.2, 0.25) is 0 Å². The van der Waals surface area contributed by atoms with Crippen LogP contribution in [0.5, 0.6) is 0 Å². The quantitative estimate of drug-likeness (QED) is 0.553. The number of nitrogens with zero attached hydrogens (tertiary/aromatic N) is 5. The van der Waals surface area contributed by atoms with E-state index in [1.54, 1.807) is 17.7 Å². The molecule has 0 saturated carbocycles. The topological polar surface area (TPSA) is 84.1 Å². The minimum atomic E-state index is -4.56. The molecule has 0 unspecified atom stereocenters. The fraction of sp³-hybridized carbons (Fsp3) is 0.368. The van der Waals surface area contributed by atoms with E-state index in [1.165, 1.54) is 25.0 Å². The Balaban J connectivity index is 0.00000155. The smallest absolute Gasteiger partial charge is 0.433 e. The van der Waals surface area contributed by atoms with E-state index in [-0.39, 0.29) is 5.52 Å². The van der Waals surface area contributed by atoms with Gasteiger partial charge in [0, 0.05) is 19.0 Å². The van der Waals surface area contributed by atoms with Crippen molar-refractivity contribution in [2.75, 3.05) is 17.7 Å². The number of fused-ring (bicyclic) bond motifs is 1. The molecule has 0 aromatic carbocycles. The number of carboxylic acid groups (broad SMARTS) is 1. The van der Waals surface area contributed by atoms with Gasteiger partial charge in [-0.1, -0.05) is 20.8 Å². The van der Waals surface area contributed by atoms with E-state index in [4.69, 9.17) is 5.11 Å². The van der Waals surface area contributed by atoms with Crippen LogP contribution in [0.1, 0.15) is 26.5 Å². The lowest BCUT2D eigenvalue weighted by atomic mass is 10.3. The van der Waals surface area contributed by atoms with Gasteiger partial charge in [0.2, 0.25) is 0 Å². The number of amides is 1. The van der Waals surface area contributed by atoms with Crippen molar-refractivity contribution in [3.05, 3.63) is 30.2 Å². The number of hydrogen-bond donors (Lipinski definition) is 1. The molecule has 3 aromatic heterocycles. The minimum absolute atomic E-state index is 0.154. The van der Waals surface area contributed by atoms with Gasteiger partial charge in [-0.25, -0.2) is 19.7 Å². The summed E-state index contributed by atoms with van der Waals surface area (Å²) >= 11 is 1.43. The molecule has 1 amide bonds. The molecular weight excluding hydrogens is 419 g/mol. The number of aryl methyl sites for hydroxylation is 1. The fourth-order valence-electron chi connectivity index (χ4n) is 2.62. The Morgan fingerprint density at radius 1 is 1.23 bits per heavy atom. The van der Waals surface area contributed by atoms with E-state index in [0.717, 1.165) is 17.2 Å². The Morgan fingerprint density at radius 3 is 2.47 bits per heavy atom. The Bertz CT molecular complexity index is 1050. The number of alkyl halides is 3. The Hall–Kier alpha value is -2.82. The van der Waals surface area contributed by atoms with E-state index in [9.17, 15) is 18.0 Å². The number of rotatable bonds is 4. The van der Waals surface area contributed by atoms with Crippen molar-refractivity contribution in [3.8, 4) is 11.5 Å². The van der Waals surface area contributed by atoms with Crippen molar-refractivity contribution >= 4 is 34.6 Å². The molecule has 0 bridgehead atoms. The lowest BCUT2D eigenvalue weighted by Gasteiger charge is -2.15. The molecular formula is C19H22F3N5O2S. The lowest BCUT2D eigenvalue weighted by molar-refractivity contribution is -0.141. The third-order valence-electron chi connectivity index (χ3n) is 4.08. The Labute approximate surface area is 176 Å². The van der Waals surface area contributed by atoms with Gasteiger partial charge >= 0.3 is 12.3 Å². The van der Waals surface area contributed by atoms with Crippen LogP contribution in [0.25, 0.3) is 22.6 Å². The molecule has 162 valence electrons. The van der Waals surface area contributed by atoms with Crippen LogP contribution in [-0.4, -0.2) is 43.5 Å². The van der Waals surface area contributed by atoms with Gasteiger partial charge in [0.15, 0.2) is 5.82 Å². The van der Waals surface area contributed by atoms with Crippen molar-refractivity contribution in [2.24, 2.45) is 7.05 Å². The molecule has 0 aliphatic carbocycles. The molecule has 30 heavy (non-hydrogen) atoms. The number of hydrogen-bond acceptors (Lipinski definition) is 5. The molecule has 0 fully saturated rings. The van der Waals surface area contributed by atoms with Gasteiger partial charge in [-0.3, -0.25) is 4.90 Å². The van der Waals surface area contributed by atoms with Gasteiger partial charge < -0.3 is 9.67 Å². The predicted molar refractivity (Wildman–Crippen MR) is 111 cm³/mol. The molecule has 11 heteroatoms. The van der Waals surface area contributed by atoms with E-state index >= 15 is 0 Å². The maximum atomic E-state index is 12.9. The summed E-state index contributed by atoms with van der Waals surface area (Å²) in [5.74, 6) is 1.06. The van der Waals surface area contributed by atoms with Crippen LogP contribution in [0.4, 0.5) is 23.7 Å². The lowest BCUT2D eigenvalue weighted by Crippen LogP contribution is -2.24. The average molecular weight is 441 g/mol. The minimum Gasteiger partial charge on any atom is -0.465 e. The number of carbonyl (C=O) groups is 1. The van der Waals surface area contributed by atoms with Crippen molar-refractivity contribution in [3.63, 3.8) is 0 Å². The Kier molecular flexibility index (Phi) is 7.30. The summed E-state index contributed by atoms with van der Waals surface area (Å²) in [6.07, 6.45) is -3.16. The zero-order valence-electron chi connectivity index (χ0n) is 17.2. The molecule has 0 aliphatic heterocycles. The maximum Gasteiger partial charge on any atom is 0.433 e.